The molecule has 2 aliphatic rings. The van der Waals surface area contributed by atoms with Crippen LogP contribution in [0.15, 0.2) is 23.1 Å². The van der Waals surface area contributed by atoms with Crippen molar-refractivity contribution in [2.45, 2.75) is 17.7 Å². The number of ether oxygens (including phenoxy) is 1. The Morgan fingerprint density at radius 1 is 1.48 bits per heavy atom. The highest BCUT2D eigenvalue weighted by atomic mass is 32.2. The summed E-state index contributed by atoms with van der Waals surface area (Å²) in [5.41, 5.74) is 1.31. The van der Waals surface area contributed by atoms with Gasteiger partial charge >= 0.3 is 0 Å². The van der Waals surface area contributed by atoms with E-state index in [-0.39, 0.29) is 11.8 Å². The first-order chi connectivity index (χ1) is 10.2. The van der Waals surface area contributed by atoms with Crippen LogP contribution in [0.5, 0.6) is 0 Å². The van der Waals surface area contributed by atoms with Crippen LogP contribution in [0.4, 0.5) is 5.69 Å². The van der Waals surface area contributed by atoms with Crippen LogP contribution in [0, 0.1) is 5.92 Å². The fourth-order valence-corrected chi connectivity index (χ4v) is 3.38. The van der Waals surface area contributed by atoms with Gasteiger partial charge in [0.2, 0.25) is 5.91 Å². The molecule has 2 N–H and O–H groups in total. The van der Waals surface area contributed by atoms with Crippen molar-refractivity contribution in [3.8, 4) is 0 Å². The molecule has 1 unspecified atom stereocenters. The summed E-state index contributed by atoms with van der Waals surface area (Å²) in [7, 11) is 0. The number of hydrogen-bond donors (Lipinski definition) is 2. The first kappa shape index (κ1) is 14.4. The molecular formula is C15H18N2O3S. The third kappa shape index (κ3) is 3.57. The molecule has 3 rings (SSSR count). The topological polar surface area (TPSA) is 67.4 Å². The monoisotopic (exact) mass is 306 g/mol. The number of thioether (sulfide) groups is 1. The first-order valence-electron chi connectivity index (χ1n) is 7.15. The second-order valence-corrected chi connectivity index (χ2v) is 6.43. The lowest BCUT2D eigenvalue weighted by atomic mass is 10.1. The van der Waals surface area contributed by atoms with Crippen LogP contribution in [0.25, 0.3) is 0 Å². The van der Waals surface area contributed by atoms with Crippen molar-refractivity contribution in [2.24, 2.45) is 5.92 Å². The van der Waals surface area contributed by atoms with E-state index in [0.29, 0.717) is 24.4 Å². The van der Waals surface area contributed by atoms with Crippen LogP contribution in [0.3, 0.4) is 0 Å². The Morgan fingerprint density at radius 2 is 2.38 bits per heavy atom. The average molecular weight is 306 g/mol. The van der Waals surface area contributed by atoms with Crippen LogP contribution >= 0.6 is 11.8 Å². The quantitative estimate of drug-likeness (QED) is 0.895. The number of amides is 2. The second-order valence-electron chi connectivity index (χ2n) is 5.30. The van der Waals surface area contributed by atoms with Gasteiger partial charge in [-0.1, -0.05) is 0 Å². The van der Waals surface area contributed by atoms with E-state index in [4.69, 9.17) is 4.74 Å². The molecule has 0 bridgehead atoms. The fourth-order valence-electron chi connectivity index (χ4n) is 2.44. The summed E-state index contributed by atoms with van der Waals surface area (Å²) >= 11 is 1.64. The van der Waals surface area contributed by atoms with Gasteiger partial charge in [-0.2, -0.15) is 0 Å². The van der Waals surface area contributed by atoms with E-state index in [9.17, 15) is 9.59 Å². The minimum Gasteiger partial charge on any atom is -0.381 e. The molecular weight excluding hydrogens is 288 g/mol. The molecule has 1 atom stereocenters. The van der Waals surface area contributed by atoms with Crippen molar-refractivity contribution in [3.05, 3.63) is 23.8 Å². The van der Waals surface area contributed by atoms with E-state index in [1.54, 1.807) is 17.8 Å². The van der Waals surface area contributed by atoms with Crippen molar-refractivity contribution in [3.63, 3.8) is 0 Å². The van der Waals surface area contributed by atoms with Crippen molar-refractivity contribution in [1.82, 2.24) is 5.32 Å². The molecule has 0 saturated carbocycles. The van der Waals surface area contributed by atoms with Gasteiger partial charge in [-0.05, 0) is 24.6 Å². The summed E-state index contributed by atoms with van der Waals surface area (Å²) in [4.78, 5) is 24.8. The number of fused-ring (bicyclic) bond motifs is 1. The van der Waals surface area contributed by atoms with Gasteiger partial charge in [-0.15, -0.1) is 11.8 Å². The summed E-state index contributed by atoms with van der Waals surface area (Å²) in [5.74, 6) is 1.08. The van der Waals surface area contributed by atoms with Crippen molar-refractivity contribution in [2.75, 3.05) is 30.8 Å². The maximum Gasteiger partial charge on any atom is 0.251 e. The van der Waals surface area contributed by atoms with Crippen LogP contribution in [0.2, 0.25) is 0 Å². The van der Waals surface area contributed by atoms with E-state index >= 15 is 0 Å². The van der Waals surface area contributed by atoms with Crippen LogP contribution in [0.1, 0.15) is 23.2 Å². The summed E-state index contributed by atoms with van der Waals surface area (Å²) in [5, 5.41) is 5.79. The molecule has 0 spiro atoms. The lowest BCUT2D eigenvalue weighted by Crippen LogP contribution is -2.29. The third-order valence-corrected chi connectivity index (χ3v) is 4.75. The molecule has 2 amide bonds. The van der Waals surface area contributed by atoms with E-state index in [1.807, 2.05) is 12.1 Å². The Labute approximate surface area is 127 Å². The number of nitrogens with one attached hydrogen (secondary N) is 2. The molecule has 1 aromatic carbocycles. The lowest BCUT2D eigenvalue weighted by Gasteiger charge is -2.11. The van der Waals surface area contributed by atoms with Crippen LogP contribution < -0.4 is 10.6 Å². The van der Waals surface area contributed by atoms with E-state index in [1.165, 1.54) is 0 Å². The molecule has 21 heavy (non-hydrogen) atoms. The first-order valence-corrected chi connectivity index (χ1v) is 8.13. The molecule has 1 aromatic rings. The van der Waals surface area contributed by atoms with Gasteiger partial charge < -0.3 is 15.4 Å². The Hall–Kier alpha value is -1.53. The largest absolute Gasteiger partial charge is 0.381 e. The van der Waals surface area contributed by atoms with Crippen molar-refractivity contribution < 1.29 is 14.3 Å². The Balaban J connectivity index is 1.67. The Morgan fingerprint density at radius 3 is 3.19 bits per heavy atom. The van der Waals surface area contributed by atoms with E-state index in [2.05, 4.69) is 10.6 Å². The second kappa shape index (κ2) is 6.49. The summed E-state index contributed by atoms with van der Waals surface area (Å²) in [6.07, 6.45) is 1.50. The highest BCUT2D eigenvalue weighted by Crippen LogP contribution is 2.31. The van der Waals surface area contributed by atoms with Gasteiger partial charge in [0.1, 0.15) is 0 Å². The van der Waals surface area contributed by atoms with Crippen LogP contribution in [-0.2, 0) is 9.53 Å². The number of benzene rings is 1. The minimum absolute atomic E-state index is 0.00177. The molecule has 0 aliphatic carbocycles. The fraction of sp³-hybridized carbons (Fsp3) is 0.467. The number of carbonyl (C=O) groups excluding carboxylic acids is 2. The summed E-state index contributed by atoms with van der Waals surface area (Å²) < 4.78 is 5.29. The summed E-state index contributed by atoms with van der Waals surface area (Å²) in [6.45, 7) is 2.14. The van der Waals surface area contributed by atoms with Gasteiger partial charge in [-0.3, -0.25) is 9.59 Å². The zero-order valence-corrected chi connectivity index (χ0v) is 12.5. The van der Waals surface area contributed by atoms with Crippen molar-refractivity contribution >= 4 is 29.3 Å². The van der Waals surface area contributed by atoms with Gasteiger partial charge in [-0.25, -0.2) is 0 Å². The molecule has 112 valence electrons. The lowest BCUT2D eigenvalue weighted by molar-refractivity contribution is -0.115. The maximum absolute atomic E-state index is 12.2. The van der Waals surface area contributed by atoms with E-state index < -0.39 is 0 Å². The standard InChI is InChI=1S/C15H18N2O3S/c18-14-4-6-21-13-2-1-11(7-12(13)17-14)15(19)16-8-10-3-5-20-9-10/h1-2,7,10H,3-6,8-9H2,(H,16,19)(H,17,18). The highest BCUT2D eigenvalue weighted by molar-refractivity contribution is 7.99. The average Bonchev–Trinajstić information content (AvgIpc) is 2.92. The summed E-state index contributed by atoms with van der Waals surface area (Å²) in [6, 6.07) is 5.47. The predicted molar refractivity (Wildman–Crippen MR) is 81.7 cm³/mol. The minimum atomic E-state index is -0.104. The highest BCUT2D eigenvalue weighted by Gasteiger charge is 2.18. The normalized spacial score (nSPS) is 21.3. The number of carbonyl (C=O) groups is 2. The van der Waals surface area contributed by atoms with Gasteiger partial charge in [0, 0.05) is 41.7 Å². The maximum atomic E-state index is 12.2. The Kier molecular flexibility index (Phi) is 4.45. The number of rotatable bonds is 3. The molecule has 6 heteroatoms. The van der Waals surface area contributed by atoms with E-state index in [0.717, 1.165) is 36.0 Å². The molecule has 1 saturated heterocycles. The SMILES string of the molecule is O=C1CCSc2ccc(C(=O)NCC3CCOC3)cc2N1. The third-order valence-electron chi connectivity index (χ3n) is 3.68. The number of anilines is 1. The molecule has 5 nitrogen and oxygen atoms in total. The zero-order chi connectivity index (χ0) is 14.7. The van der Waals surface area contributed by atoms with Gasteiger partial charge in [0.15, 0.2) is 0 Å². The molecule has 0 radical (unpaired) electrons. The number of hydrogen-bond acceptors (Lipinski definition) is 4. The molecule has 2 heterocycles. The molecule has 0 aromatic heterocycles. The smallest absolute Gasteiger partial charge is 0.251 e. The van der Waals surface area contributed by atoms with Gasteiger partial charge in [0.25, 0.3) is 5.91 Å². The molecule has 2 aliphatic heterocycles. The molecule has 1 fully saturated rings. The Bertz CT molecular complexity index is 556. The zero-order valence-electron chi connectivity index (χ0n) is 11.7. The van der Waals surface area contributed by atoms with Gasteiger partial charge in [0.05, 0.1) is 12.3 Å². The van der Waals surface area contributed by atoms with Crippen molar-refractivity contribution in [1.29, 1.82) is 0 Å². The predicted octanol–water partition coefficient (Wildman–Crippen LogP) is 1.89. The van der Waals surface area contributed by atoms with Crippen LogP contribution in [-0.4, -0.2) is 37.3 Å².